The van der Waals surface area contributed by atoms with Crippen LogP contribution in [0.5, 0.6) is 11.5 Å². The van der Waals surface area contributed by atoms with Gasteiger partial charge in [-0.1, -0.05) is 12.1 Å². The fraction of sp³-hybridized carbons (Fsp3) is 0.143. The van der Waals surface area contributed by atoms with Crippen LogP contribution in [0.3, 0.4) is 0 Å². The predicted molar refractivity (Wildman–Crippen MR) is 65.5 cm³/mol. The van der Waals surface area contributed by atoms with Crippen LogP contribution in [0.4, 0.5) is 8.78 Å². The zero-order chi connectivity index (χ0) is 13.1. The molecule has 0 aliphatic heterocycles. The second-order valence-electron chi connectivity index (χ2n) is 3.99. The minimum atomic E-state index is -0.936. The monoisotopic (exact) mass is 249 g/mol. The molecule has 0 bridgehead atoms. The van der Waals surface area contributed by atoms with Gasteiger partial charge in [0.25, 0.3) is 0 Å². The van der Waals surface area contributed by atoms with Gasteiger partial charge in [-0.05, 0) is 30.7 Å². The Morgan fingerprint density at radius 1 is 1.06 bits per heavy atom. The van der Waals surface area contributed by atoms with Crippen LogP contribution in [-0.2, 0) is 6.54 Å². The molecule has 0 aliphatic rings. The van der Waals surface area contributed by atoms with Crippen LogP contribution in [0, 0.1) is 18.6 Å². The highest BCUT2D eigenvalue weighted by molar-refractivity contribution is 5.40. The van der Waals surface area contributed by atoms with E-state index in [4.69, 9.17) is 10.5 Å². The van der Waals surface area contributed by atoms with Crippen molar-refractivity contribution >= 4 is 0 Å². The molecule has 0 saturated carbocycles. The summed E-state index contributed by atoms with van der Waals surface area (Å²) in [5.41, 5.74) is 7.41. The van der Waals surface area contributed by atoms with Crippen molar-refractivity contribution in [2.24, 2.45) is 5.73 Å². The molecule has 0 radical (unpaired) electrons. The van der Waals surface area contributed by atoms with E-state index in [2.05, 4.69) is 0 Å². The van der Waals surface area contributed by atoms with Crippen molar-refractivity contribution in [3.8, 4) is 11.5 Å². The van der Waals surface area contributed by atoms with E-state index in [1.807, 2.05) is 25.1 Å². The molecular weight excluding hydrogens is 236 g/mol. The van der Waals surface area contributed by atoms with Crippen molar-refractivity contribution in [2.75, 3.05) is 0 Å². The largest absolute Gasteiger partial charge is 0.457 e. The summed E-state index contributed by atoms with van der Waals surface area (Å²) in [5.74, 6) is -1.03. The molecule has 2 N–H and O–H groups in total. The summed E-state index contributed by atoms with van der Waals surface area (Å²) < 4.78 is 31.4. The van der Waals surface area contributed by atoms with Gasteiger partial charge in [0.05, 0.1) is 0 Å². The molecular formula is C14H13F2NO. The highest BCUT2D eigenvalue weighted by Gasteiger charge is 2.07. The molecule has 0 fully saturated rings. The van der Waals surface area contributed by atoms with E-state index in [9.17, 15) is 8.78 Å². The Labute approximate surface area is 104 Å². The van der Waals surface area contributed by atoms with E-state index in [0.717, 1.165) is 23.3 Å². The molecule has 0 heterocycles. The highest BCUT2D eigenvalue weighted by atomic mass is 19.2. The lowest BCUT2D eigenvalue weighted by molar-refractivity contribution is 0.457. The van der Waals surface area contributed by atoms with Gasteiger partial charge in [-0.3, -0.25) is 0 Å². The fourth-order valence-electron chi connectivity index (χ4n) is 1.59. The molecule has 0 atom stereocenters. The average Bonchev–Trinajstić information content (AvgIpc) is 2.34. The molecule has 0 aromatic heterocycles. The van der Waals surface area contributed by atoms with Crippen LogP contribution < -0.4 is 10.5 Å². The smallest absolute Gasteiger partial charge is 0.162 e. The third kappa shape index (κ3) is 2.65. The molecule has 94 valence electrons. The van der Waals surface area contributed by atoms with Gasteiger partial charge in [0.1, 0.15) is 11.5 Å². The fourth-order valence-corrected chi connectivity index (χ4v) is 1.59. The van der Waals surface area contributed by atoms with Crippen molar-refractivity contribution in [3.05, 3.63) is 59.2 Å². The number of nitrogens with two attached hydrogens (primary N) is 1. The van der Waals surface area contributed by atoms with E-state index in [1.165, 1.54) is 6.07 Å². The zero-order valence-electron chi connectivity index (χ0n) is 9.91. The van der Waals surface area contributed by atoms with Crippen molar-refractivity contribution in [3.63, 3.8) is 0 Å². The van der Waals surface area contributed by atoms with Gasteiger partial charge in [0.2, 0.25) is 0 Å². The molecule has 2 aromatic rings. The van der Waals surface area contributed by atoms with Crippen LogP contribution in [0.1, 0.15) is 11.1 Å². The topological polar surface area (TPSA) is 35.2 Å². The van der Waals surface area contributed by atoms with Crippen LogP contribution in [0.25, 0.3) is 0 Å². The molecule has 0 saturated heterocycles. The van der Waals surface area contributed by atoms with Crippen molar-refractivity contribution < 1.29 is 13.5 Å². The van der Waals surface area contributed by atoms with Gasteiger partial charge in [0, 0.05) is 18.2 Å². The molecule has 18 heavy (non-hydrogen) atoms. The summed E-state index contributed by atoms with van der Waals surface area (Å²) in [4.78, 5) is 0. The van der Waals surface area contributed by atoms with Crippen molar-refractivity contribution in [2.45, 2.75) is 13.5 Å². The minimum absolute atomic E-state index is 0.245. The van der Waals surface area contributed by atoms with Gasteiger partial charge in [0.15, 0.2) is 11.6 Å². The average molecular weight is 249 g/mol. The van der Waals surface area contributed by atoms with Gasteiger partial charge in [-0.25, -0.2) is 8.78 Å². The molecule has 0 aliphatic carbocycles. The Kier molecular flexibility index (Phi) is 3.58. The first kappa shape index (κ1) is 12.5. The summed E-state index contributed by atoms with van der Waals surface area (Å²) in [6.45, 7) is 2.23. The first-order valence-corrected chi connectivity index (χ1v) is 5.52. The lowest BCUT2D eigenvalue weighted by atomic mass is 10.1. The first-order chi connectivity index (χ1) is 8.60. The molecule has 2 aromatic carbocycles. The van der Waals surface area contributed by atoms with Crippen LogP contribution >= 0.6 is 0 Å². The van der Waals surface area contributed by atoms with Crippen LogP contribution in [-0.4, -0.2) is 0 Å². The summed E-state index contributed by atoms with van der Waals surface area (Å²) in [5, 5.41) is 0. The van der Waals surface area contributed by atoms with E-state index >= 15 is 0 Å². The molecule has 2 nitrogen and oxygen atoms in total. The van der Waals surface area contributed by atoms with Gasteiger partial charge in [-0.2, -0.15) is 0 Å². The maximum atomic E-state index is 13.1. The second-order valence-corrected chi connectivity index (χ2v) is 3.99. The molecule has 0 amide bonds. The Bertz CT molecular complexity index is 570. The number of halogens is 2. The Balaban J connectivity index is 2.33. The Morgan fingerprint density at radius 3 is 2.50 bits per heavy atom. The first-order valence-electron chi connectivity index (χ1n) is 5.52. The number of aryl methyl sites for hydroxylation is 1. The quantitative estimate of drug-likeness (QED) is 0.903. The van der Waals surface area contributed by atoms with E-state index in [0.29, 0.717) is 12.3 Å². The van der Waals surface area contributed by atoms with E-state index in [1.54, 1.807) is 0 Å². The van der Waals surface area contributed by atoms with Crippen LogP contribution in [0.15, 0.2) is 36.4 Å². The predicted octanol–water partition coefficient (Wildman–Crippen LogP) is 3.52. The second kappa shape index (κ2) is 5.14. The van der Waals surface area contributed by atoms with Crippen LogP contribution in [0.2, 0.25) is 0 Å². The zero-order valence-corrected chi connectivity index (χ0v) is 9.91. The third-order valence-electron chi connectivity index (χ3n) is 2.56. The normalized spacial score (nSPS) is 10.4. The van der Waals surface area contributed by atoms with Crippen molar-refractivity contribution in [1.82, 2.24) is 0 Å². The lowest BCUT2D eigenvalue weighted by Crippen LogP contribution is -2.00. The van der Waals surface area contributed by atoms with Gasteiger partial charge >= 0.3 is 0 Å². The summed E-state index contributed by atoms with van der Waals surface area (Å²) in [6.07, 6.45) is 0. The molecule has 0 unspecified atom stereocenters. The highest BCUT2D eigenvalue weighted by Crippen LogP contribution is 2.27. The van der Waals surface area contributed by atoms with E-state index in [-0.39, 0.29) is 5.75 Å². The number of rotatable bonds is 3. The maximum Gasteiger partial charge on any atom is 0.162 e. The van der Waals surface area contributed by atoms with Crippen molar-refractivity contribution in [1.29, 1.82) is 0 Å². The minimum Gasteiger partial charge on any atom is -0.457 e. The standard InChI is InChI=1S/C14H13F2NO/c1-9-2-3-10(8-17)14(6-9)18-11-4-5-12(15)13(16)7-11/h2-7H,8,17H2,1H3. The summed E-state index contributed by atoms with van der Waals surface area (Å²) in [6, 6.07) is 9.00. The Hall–Kier alpha value is -1.94. The maximum absolute atomic E-state index is 13.1. The molecule has 2 rings (SSSR count). The van der Waals surface area contributed by atoms with Gasteiger partial charge in [-0.15, -0.1) is 0 Å². The SMILES string of the molecule is Cc1ccc(CN)c(Oc2ccc(F)c(F)c2)c1. The van der Waals surface area contributed by atoms with Gasteiger partial charge < -0.3 is 10.5 Å². The molecule has 0 spiro atoms. The number of hydrogen-bond donors (Lipinski definition) is 1. The number of hydrogen-bond acceptors (Lipinski definition) is 2. The number of ether oxygens (including phenoxy) is 1. The molecule has 4 heteroatoms. The van der Waals surface area contributed by atoms with E-state index < -0.39 is 11.6 Å². The number of benzene rings is 2. The third-order valence-corrected chi connectivity index (χ3v) is 2.56. The summed E-state index contributed by atoms with van der Waals surface area (Å²) in [7, 11) is 0. The summed E-state index contributed by atoms with van der Waals surface area (Å²) >= 11 is 0. The Morgan fingerprint density at radius 2 is 1.83 bits per heavy atom. The lowest BCUT2D eigenvalue weighted by Gasteiger charge is -2.11.